The molecular formula is C27H22O6. The zero-order chi connectivity index (χ0) is 23.7. The minimum atomic E-state index is -1.05. The van der Waals surface area contributed by atoms with E-state index in [1.54, 1.807) is 48.5 Å². The van der Waals surface area contributed by atoms with Gasteiger partial charge in [-0.2, -0.15) is 0 Å². The van der Waals surface area contributed by atoms with Crippen molar-refractivity contribution in [2.45, 2.75) is 18.8 Å². The molecule has 0 aromatic heterocycles. The van der Waals surface area contributed by atoms with E-state index < -0.39 is 23.8 Å². The van der Waals surface area contributed by atoms with Gasteiger partial charge in [-0.25, -0.2) is 9.59 Å². The second-order valence-corrected chi connectivity index (χ2v) is 8.30. The van der Waals surface area contributed by atoms with Crippen LogP contribution in [0.2, 0.25) is 0 Å². The highest BCUT2D eigenvalue weighted by Crippen LogP contribution is 2.59. The lowest BCUT2D eigenvalue weighted by Gasteiger charge is -2.51. The van der Waals surface area contributed by atoms with Crippen LogP contribution in [0.1, 0.15) is 61.0 Å². The van der Waals surface area contributed by atoms with Crippen molar-refractivity contribution in [2.24, 2.45) is 11.8 Å². The molecule has 0 spiro atoms. The first kappa shape index (κ1) is 22.1. The second kappa shape index (κ2) is 8.82. The number of Topliss-reactive ketones (excluding diaryl/α,β-unsaturated/α-hetero) is 2. The fraction of sp³-hybridized carbons (Fsp3) is 0.185. The van der Waals surface area contributed by atoms with Gasteiger partial charge in [0.15, 0.2) is 5.78 Å². The molecule has 1 fully saturated rings. The molecule has 3 aromatic rings. The highest BCUT2D eigenvalue weighted by molar-refractivity contribution is 6.03. The van der Waals surface area contributed by atoms with Crippen LogP contribution in [0.3, 0.4) is 0 Å². The van der Waals surface area contributed by atoms with E-state index in [0.29, 0.717) is 5.56 Å². The normalized spacial score (nSPS) is 21.6. The molecule has 6 heteroatoms. The van der Waals surface area contributed by atoms with Crippen LogP contribution in [0.5, 0.6) is 0 Å². The molecule has 33 heavy (non-hydrogen) atoms. The second-order valence-electron chi connectivity index (χ2n) is 8.30. The molecular weight excluding hydrogens is 420 g/mol. The molecule has 0 amide bonds. The first-order valence-corrected chi connectivity index (χ1v) is 10.6. The number of carbonyl (C=O) groups excluding carboxylic acids is 2. The number of rotatable bonds is 7. The average molecular weight is 442 g/mol. The minimum absolute atomic E-state index is 0.116. The zero-order valence-corrected chi connectivity index (χ0v) is 17.8. The summed E-state index contributed by atoms with van der Waals surface area (Å²) in [6.45, 7) is 1.47. The summed E-state index contributed by atoms with van der Waals surface area (Å²) in [7, 11) is 0. The van der Waals surface area contributed by atoms with Gasteiger partial charge in [-0.3, -0.25) is 9.59 Å². The Morgan fingerprint density at radius 3 is 1.39 bits per heavy atom. The van der Waals surface area contributed by atoms with Gasteiger partial charge in [0.05, 0.1) is 11.1 Å². The predicted molar refractivity (Wildman–Crippen MR) is 121 cm³/mol. The number of aromatic carboxylic acids is 2. The zero-order valence-electron chi connectivity index (χ0n) is 17.8. The number of benzene rings is 3. The van der Waals surface area contributed by atoms with E-state index in [9.17, 15) is 29.4 Å². The number of carbonyl (C=O) groups is 4. The molecule has 0 heterocycles. The van der Waals surface area contributed by atoms with E-state index in [-0.39, 0.29) is 34.5 Å². The average Bonchev–Trinajstić information content (AvgIpc) is 2.79. The summed E-state index contributed by atoms with van der Waals surface area (Å²) in [5, 5.41) is 18.5. The summed E-state index contributed by atoms with van der Waals surface area (Å²) in [4.78, 5) is 48.8. The summed E-state index contributed by atoms with van der Waals surface area (Å²) < 4.78 is 0. The maximum absolute atomic E-state index is 13.5. The van der Waals surface area contributed by atoms with E-state index in [4.69, 9.17) is 0 Å². The van der Waals surface area contributed by atoms with Gasteiger partial charge in [-0.15, -0.1) is 0 Å². The molecule has 1 aliphatic carbocycles. The minimum Gasteiger partial charge on any atom is -0.478 e. The van der Waals surface area contributed by atoms with E-state index in [1.807, 2.05) is 6.07 Å². The van der Waals surface area contributed by atoms with Crippen LogP contribution < -0.4 is 0 Å². The Balaban J connectivity index is 1.80. The smallest absolute Gasteiger partial charge is 0.335 e. The van der Waals surface area contributed by atoms with Crippen LogP contribution >= 0.6 is 0 Å². The monoisotopic (exact) mass is 442 g/mol. The van der Waals surface area contributed by atoms with Gasteiger partial charge in [-0.1, -0.05) is 54.6 Å². The molecule has 2 N–H and O–H groups in total. The molecule has 0 bridgehead atoms. The summed E-state index contributed by atoms with van der Waals surface area (Å²) in [6, 6.07) is 21.5. The highest BCUT2D eigenvalue weighted by atomic mass is 16.4. The van der Waals surface area contributed by atoms with Gasteiger partial charge in [0.2, 0.25) is 0 Å². The van der Waals surface area contributed by atoms with Crippen molar-refractivity contribution in [1.29, 1.82) is 0 Å². The van der Waals surface area contributed by atoms with Crippen molar-refractivity contribution >= 4 is 23.5 Å². The highest BCUT2D eigenvalue weighted by Gasteiger charge is 2.56. The molecule has 1 saturated carbocycles. The molecule has 4 atom stereocenters. The lowest BCUT2D eigenvalue weighted by atomic mass is 9.50. The summed E-state index contributed by atoms with van der Waals surface area (Å²) >= 11 is 0. The van der Waals surface area contributed by atoms with Gasteiger partial charge in [-0.05, 0) is 42.3 Å². The molecule has 3 aromatic carbocycles. The van der Waals surface area contributed by atoms with Gasteiger partial charge in [0, 0.05) is 29.2 Å². The van der Waals surface area contributed by atoms with Crippen LogP contribution in [0.4, 0.5) is 0 Å². The van der Waals surface area contributed by atoms with Crippen LogP contribution in [0, 0.1) is 11.8 Å². The number of carboxylic acids is 2. The van der Waals surface area contributed by atoms with Gasteiger partial charge >= 0.3 is 11.9 Å². The van der Waals surface area contributed by atoms with Gasteiger partial charge in [0.25, 0.3) is 0 Å². The van der Waals surface area contributed by atoms with Crippen LogP contribution in [-0.4, -0.2) is 33.7 Å². The van der Waals surface area contributed by atoms with Crippen LogP contribution in [0.25, 0.3) is 0 Å². The number of hydrogen-bond donors (Lipinski definition) is 2. The predicted octanol–water partition coefficient (Wildman–Crippen LogP) is 4.67. The Kier molecular flexibility index (Phi) is 5.92. The van der Waals surface area contributed by atoms with E-state index in [0.717, 1.165) is 11.1 Å². The third-order valence-corrected chi connectivity index (χ3v) is 6.46. The summed E-state index contributed by atoms with van der Waals surface area (Å²) in [6.07, 6.45) is 0. The molecule has 4 rings (SSSR count). The largest absolute Gasteiger partial charge is 0.478 e. The number of carboxylic acid groups (broad SMARTS) is 2. The van der Waals surface area contributed by atoms with Crippen LogP contribution in [-0.2, 0) is 4.79 Å². The van der Waals surface area contributed by atoms with Crippen molar-refractivity contribution in [3.8, 4) is 0 Å². The lowest BCUT2D eigenvalue weighted by molar-refractivity contribution is -0.127. The Morgan fingerprint density at radius 1 is 0.576 bits per heavy atom. The Bertz CT molecular complexity index is 1210. The first-order valence-electron chi connectivity index (χ1n) is 10.6. The van der Waals surface area contributed by atoms with Crippen molar-refractivity contribution in [3.05, 3.63) is 107 Å². The Labute approximate surface area is 190 Å². The van der Waals surface area contributed by atoms with E-state index >= 15 is 0 Å². The molecule has 1 aliphatic rings. The first-order chi connectivity index (χ1) is 15.8. The van der Waals surface area contributed by atoms with Gasteiger partial charge in [0.1, 0.15) is 5.78 Å². The lowest BCUT2D eigenvalue weighted by Crippen LogP contribution is -2.50. The molecule has 0 radical (unpaired) electrons. The standard InChI is InChI=1S/C27H22O6/c1-15(28)21-22(16-7-11-19(12-8-16)26(30)31)23(17-9-13-20(14-10-17)27(32)33)24(21)25(29)18-5-3-2-4-6-18/h2-14,21-24H,1H3,(H,30,31)(H,32,33). The van der Waals surface area contributed by atoms with Crippen LogP contribution in [0.15, 0.2) is 78.9 Å². The van der Waals surface area contributed by atoms with Crippen molar-refractivity contribution in [2.75, 3.05) is 0 Å². The summed E-state index contributed by atoms with van der Waals surface area (Å²) in [5.74, 6) is -4.21. The van der Waals surface area contributed by atoms with E-state index in [1.165, 1.54) is 31.2 Å². The summed E-state index contributed by atoms with van der Waals surface area (Å²) in [5.41, 5.74) is 2.32. The third-order valence-electron chi connectivity index (χ3n) is 6.46. The SMILES string of the molecule is CC(=O)C1C(C(=O)c2ccccc2)C(c2ccc(C(=O)O)cc2)C1c1ccc(C(=O)O)cc1. The molecule has 4 unspecified atom stereocenters. The molecule has 0 saturated heterocycles. The molecule has 6 nitrogen and oxygen atoms in total. The van der Waals surface area contributed by atoms with E-state index in [2.05, 4.69) is 0 Å². The molecule has 0 aliphatic heterocycles. The Morgan fingerprint density at radius 2 is 1.00 bits per heavy atom. The fourth-order valence-corrected chi connectivity index (χ4v) is 4.90. The fourth-order valence-electron chi connectivity index (χ4n) is 4.90. The Hall–Kier alpha value is -4.06. The van der Waals surface area contributed by atoms with Gasteiger partial charge < -0.3 is 10.2 Å². The third kappa shape index (κ3) is 4.07. The number of hydrogen-bond acceptors (Lipinski definition) is 4. The maximum atomic E-state index is 13.5. The topological polar surface area (TPSA) is 109 Å². The maximum Gasteiger partial charge on any atom is 0.335 e. The van der Waals surface area contributed by atoms with Crippen molar-refractivity contribution < 1.29 is 29.4 Å². The van der Waals surface area contributed by atoms with Crippen molar-refractivity contribution in [1.82, 2.24) is 0 Å². The number of ketones is 2. The molecule has 166 valence electrons. The quantitative estimate of drug-likeness (QED) is 0.515. The van der Waals surface area contributed by atoms with Crippen molar-refractivity contribution in [3.63, 3.8) is 0 Å².